The van der Waals surface area contributed by atoms with Crippen molar-refractivity contribution >= 4 is 22.6 Å². The van der Waals surface area contributed by atoms with E-state index >= 15 is 4.39 Å². The van der Waals surface area contributed by atoms with E-state index in [1.165, 1.54) is 4.57 Å². The Morgan fingerprint density at radius 1 is 1.13 bits per heavy atom. The standard InChI is InChI=1S/C22H21F2N3O3/c23-17-12-15-19(18(24)20(17)26-10-7-25-8-11-26)27(13-16(21(15)28)22(29)30)9-6-14-4-2-1-3-5-14/h1-5,12-13,25H,6-11H2,(H,29,30). The van der Waals surface area contributed by atoms with Crippen LogP contribution >= 0.6 is 0 Å². The highest BCUT2D eigenvalue weighted by Gasteiger charge is 2.25. The van der Waals surface area contributed by atoms with Crippen LogP contribution in [0.15, 0.2) is 47.4 Å². The van der Waals surface area contributed by atoms with Crippen molar-refractivity contribution in [1.82, 2.24) is 9.88 Å². The summed E-state index contributed by atoms with van der Waals surface area (Å²) in [6, 6.07) is 10.4. The van der Waals surface area contributed by atoms with Crippen LogP contribution in [0.2, 0.25) is 0 Å². The molecule has 1 aromatic heterocycles. The lowest BCUT2D eigenvalue weighted by Gasteiger charge is -2.30. The molecule has 0 aliphatic carbocycles. The second-order valence-electron chi connectivity index (χ2n) is 7.26. The summed E-state index contributed by atoms with van der Waals surface area (Å²) in [6.07, 6.45) is 1.65. The Bertz CT molecular complexity index is 1160. The van der Waals surface area contributed by atoms with E-state index < -0.39 is 28.6 Å². The number of anilines is 1. The molecule has 1 aliphatic rings. The molecule has 156 valence electrons. The van der Waals surface area contributed by atoms with Crippen molar-refractivity contribution in [1.29, 1.82) is 0 Å². The van der Waals surface area contributed by atoms with Gasteiger partial charge in [-0.1, -0.05) is 30.3 Å². The van der Waals surface area contributed by atoms with Crippen LogP contribution < -0.4 is 15.6 Å². The normalized spacial score (nSPS) is 14.3. The molecule has 1 fully saturated rings. The van der Waals surface area contributed by atoms with E-state index in [9.17, 15) is 19.1 Å². The van der Waals surface area contributed by atoms with Crippen LogP contribution in [0.3, 0.4) is 0 Å². The molecule has 0 atom stereocenters. The van der Waals surface area contributed by atoms with Gasteiger partial charge < -0.3 is 19.9 Å². The van der Waals surface area contributed by atoms with Gasteiger partial charge in [0.05, 0.1) is 10.9 Å². The molecule has 2 N–H and O–H groups in total. The summed E-state index contributed by atoms with van der Waals surface area (Å²) in [5.41, 5.74) is -0.677. The summed E-state index contributed by atoms with van der Waals surface area (Å²) in [7, 11) is 0. The number of nitrogens with zero attached hydrogens (tertiary/aromatic N) is 2. The number of pyridine rings is 1. The first-order chi connectivity index (χ1) is 14.5. The maximum absolute atomic E-state index is 15.6. The van der Waals surface area contributed by atoms with Crippen molar-refractivity contribution < 1.29 is 18.7 Å². The first-order valence-electron chi connectivity index (χ1n) is 9.75. The monoisotopic (exact) mass is 413 g/mol. The highest BCUT2D eigenvalue weighted by molar-refractivity contribution is 5.93. The van der Waals surface area contributed by atoms with Crippen molar-refractivity contribution in [2.24, 2.45) is 0 Å². The Balaban J connectivity index is 1.89. The first kappa shape index (κ1) is 20.0. The fourth-order valence-corrected chi connectivity index (χ4v) is 3.88. The zero-order chi connectivity index (χ0) is 21.3. The molecule has 1 aliphatic heterocycles. The lowest BCUT2D eigenvalue weighted by atomic mass is 10.1. The highest BCUT2D eigenvalue weighted by Crippen LogP contribution is 2.30. The van der Waals surface area contributed by atoms with E-state index in [2.05, 4.69) is 5.32 Å². The predicted octanol–water partition coefficient (Wildman–Crippen LogP) is 2.63. The summed E-state index contributed by atoms with van der Waals surface area (Å²) in [6.45, 7) is 2.29. The molecule has 0 bridgehead atoms. The van der Waals surface area contributed by atoms with Crippen LogP contribution in [0.1, 0.15) is 15.9 Å². The van der Waals surface area contributed by atoms with E-state index in [1.807, 2.05) is 30.3 Å². The second-order valence-corrected chi connectivity index (χ2v) is 7.26. The van der Waals surface area contributed by atoms with Crippen LogP contribution in [0.5, 0.6) is 0 Å². The molecule has 8 heteroatoms. The van der Waals surface area contributed by atoms with Crippen molar-refractivity contribution in [3.63, 3.8) is 0 Å². The maximum atomic E-state index is 15.6. The summed E-state index contributed by atoms with van der Waals surface area (Å²) in [5, 5.41) is 12.3. The molecule has 0 radical (unpaired) electrons. The molecule has 2 heterocycles. The van der Waals surface area contributed by atoms with Gasteiger partial charge in [0.1, 0.15) is 17.1 Å². The summed E-state index contributed by atoms with van der Waals surface area (Å²) in [5.74, 6) is -3.13. The molecule has 0 amide bonds. The van der Waals surface area contributed by atoms with E-state index in [-0.39, 0.29) is 23.1 Å². The molecule has 1 saturated heterocycles. The number of hydrogen-bond donors (Lipinski definition) is 2. The summed E-state index contributed by atoms with van der Waals surface area (Å²) < 4.78 is 31.9. The number of rotatable bonds is 5. The Morgan fingerprint density at radius 2 is 1.83 bits per heavy atom. The zero-order valence-corrected chi connectivity index (χ0v) is 16.2. The molecule has 2 aromatic carbocycles. The van der Waals surface area contributed by atoms with Crippen LogP contribution in [-0.2, 0) is 13.0 Å². The Kier molecular flexibility index (Phi) is 5.50. The van der Waals surface area contributed by atoms with Gasteiger partial charge in [-0.15, -0.1) is 0 Å². The third-order valence-corrected chi connectivity index (χ3v) is 5.38. The number of aromatic carboxylic acids is 1. The molecule has 0 spiro atoms. The lowest BCUT2D eigenvalue weighted by Crippen LogP contribution is -2.44. The van der Waals surface area contributed by atoms with Crippen LogP contribution in [0, 0.1) is 11.6 Å². The van der Waals surface area contributed by atoms with Crippen molar-refractivity contribution in [3.05, 3.63) is 75.6 Å². The van der Waals surface area contributed by atoms with Crippen LogP contribution in [0.25, 0.3) is 10.9 Å². The minimum Gasteiger partial charge on any atom is -0.477 e. The number of hydrogen-bond acceptors (Lipinski definition) is 4. The number of aromatic nitrogens is 1. The van der Waals surface area contributed by atoms with Crippen molar-refractivity contribution in [3.8, 4) is 0 Å². The van der Waals surface area contributed by atoms with Gasteiger partial charge in [0.2, 0.25) is 5.43 Å². The number of carbonyl (C=O) groups is 1. The second kappa shape index (κ2) is 8.23. The fraction of sp³-hybridized carbons (Fsp3) is 0.273. The van der Waals surface area contributed by atoms with Crippen LogP contribution in [0.4, 0.5) is 14.5 Å². The summed E-state index contributed by atoms with van der Waals surface area (Å²) >= 11 is 0. The molecule has 30 heavy (non-hydrogen) atoms. The molecule has 6 nitrogen and oxygen atoms in total. The van der Waals surface area contributed by atoms with Gasteiger partial charge in [0, 0.05) is 38.9 Å². The quantitative estimate of drug-likeness (QED) is 0.673. The van der Waals surface area contributed by atoms with Gasteiger partial charge in [-0.3, -0.25) is 4.79 Å². The minimum absolute atomic E-state index is 0.0733. The number of fused-ring (bicyclic) bond motifs is 1. The predicted molar refractivity (Wildman–Crippen MR) is 110 cm³/mol. The Labute approximate surface area is 171 Å². The number of benzene rings is 2. The summed E-state index contributed by atoms with van der Waals surface area (Å²) in [4.78, 5) is 25.8. The lowest BCUT2D eigenvalue weighted by molar-refractivity contribution is 0.0694. The number of carboxylic acids is 1. The van der Waals surface area contributed by atoms with Crippen molar-refractivity contribution in [2.75, 3.05) is 31.1 Å². The van der Waals surface area contributed by atoms with Crippen LogP contribution in [-0.4, -0.2) is 41.8 Å². The molecule has 3 aromatic rings. The number of carboxylic acid groups (broad SMARTS) is 1. The van der Waals surface area contributed by atoms with E-state index in [4.69, 9.17) is 0 Å². The SMILES string of the molecule is O=C(O)c1cn(CCc2ccccc2)c2c(F)c(N3CCNCC3)c(F)cc2c1=O. The number of aryl methyl sites for hydroxylation is 2. The van der Waals surface area contributed by atoms with Gasteiger partial charge in [-0.05, 0) is 18.1 Å². The average Bonchev–Trinajstić information content (AvgIpc) is 2.75. The average molecular weight is 413 g/mol. The fourth-order valence-electron chi connectivity index (χ4n) is 3.88. The Hall–Kier alpha value is -3.26. The maximum Gasteiger partial charge on any atom is 0.341 e. The smallest absolute Gasteiger partial charge is 0.341 e. The zero-order valence-electron chi connectivity index (χ0n) is 16.2. The third-order valence-electron chi connectivity index (χ3n) is 5.38. The molecular formula is C22H21F2N3O3. The largest absolute Gasteiger partial charge is 0.477 e. The van der Waals surface area contributed by atoms with E-state index in [1.54, 1.807) is 4.90 Å². The number of halogens is 2. The first-order valence-corrected chi connectivity index (χ1v) is 9.75. The van der Waals surface area contributed by atoms with E-state index in [0.717, 1.165) is 17.8 Å². The Morgan fingerprint density at radius 3 is 2.50 bits per heavy atom. The molecule has 4 rings (SSSR count). The van der Waals surface area contributed by atoms with E-state index in [0.29, 0.717) is 32.6 Å². The van der Waals surface area contributed by atoms with Gasteiger partial charge in [0.15, 0.2) is 5.82 Å². The molecule has 0 saturated carbocycles. The van der Waals surface area contributed by atoms with Gasteiger partial charge in [-0.2, -0.15) is 0 Å². The van der Waals surface area contributed by atoms with Crippen molar-refractivity contribution in [2.45, 2.75) is 13.0 Å². The molecular weight excluding hydrogens is 392 g/mol. The third kappa shape index (κ3) is 3.66. The molecule has 0 unspecified atom stereocenters. The number of piperazine rings is 1. The highest BCUT2D eigenvalue weighted by atomic mass is 19.1. The van der Waals surface area contributed by atoms with Gasteiger partial charge >= 0.3 is 5.97 Å². The van der Waals surface area contributed by atoms with Gasteiger partial charge in [0.25, 0.3) is 0 Å². The minimum atomic E-state index is -1.43. The van der Waals surface area contributed by atoms with Gasteiger partial charge in [-0.25, -0.2) is 13.6 Å². The number of nitrogens with one attached hydrogen (secondary N) is 1. The topological polar surface area (TPSA) is 74.6 Å².